The van der Waals surface area contributed by atoms with Crippen LogP contribution in [0.1, 0.15) is 16.7 Å². The second-order valence-electron chi connectivity index (χ2n) is 6.81. The largest absolute Gasteiger partial charge is 0.443 e. The first-order chi connectivity index (χ1) is 14.6. The van der Waals surface area contributed by atoms with E-state index in [1.54, 1.807) is 6.08 Å². The Morgan fingerprint density at radius 1 is 1.00 bits per heavy atom. The molecule has 0 aliphatic carbocycles. The van der Waals surface area contributed by atoms with Gasteiger partial charge in [-0.3, -0.25) is 0 Å². The first-order valence-corrected chi connectivity index (χ1v) is 11.1. The second-order valence-corrected chi connectivity index (χ2v) is 8.53. The summed E-state index contributed by atoms with van der Waals surface area (Å²) in [7, 11) is -0.823. The SMILES string of the molecule is Cc1ccc(/[S@](C[C@@H](O)/C=C\c2ccccc2)=N/C(=O)OCc2ccccc2)cc1. The average Bonchev–Trinajstić information content (AvgIpc) is 2.78. The highest BCUT2D eigenvalue weighted by Crippen LogP contribution is 2.14. The number of amides is 1. The van der Waals surface area contributed by atoms with Crippen LogP contribution in [0.5, 0.6) is 0 Å². The highest BCUT2D eigenvalue weighted by atomic mass is 32.2. The third kappa shape index (κ3) is 7.10. The Bertz CT molecular complexity index is 1000. The van der Waals surface area contributed by atoms with Crippen molar-refractivity contribution in [3.05, 3.63) is 108 Å². The van der Waals surface area contributed by atoms with Crippen LogP contribution in [0, 0.1) is 6.92 Å². The Balaban J connectivity index is 1.72. The Hall–Kier alpha value is -3.02. The lowest BCUT2D eigenvalue weighted by Crippen LogP contribution is -2.15. The number of carbonyl (C=O) groups excluding carboxylic acids is 1. The highest BCUT2D eigenvalue weighted by Gasteiger charge is 2.11. The first kappa shape index (κ1) is 21.7. The standard InChI is InChI=1S/C25H25NO3S/c1-20-12-16-24(17-13-20)30(19-23(27)15-14-21-8-4-2-5-9-21)26-25(28)29-18-22-10-6-3-7-11-22/h2-17,23,27H,18-19H2,1H3/b15-14-/t23-,30-/m0/s1. The van der Waals surface area contributed by atoms with Crippen LogP contribution in [-0.2, 0) is 22.0 Å². The Kier molecular flexibility index (Phi) is 8.12. The summed E-state index contributed by atoms with van der Waals surface area (Å²) in [5.74, 6) is 0.312. The molecule has 3 aromatic rings. The normalized spacial score (nSPS) is 13.3. The smallest absolute Gasteiger partial charge is 0.440 e. The minimum Gasteiger partial charge on any atom is -0.443 e. The van der Waals surface area contributed by atoms with Crippen LogP contribution in [-0.4, -0.2) is 23.1 Å². The van der Waals surface area contributed by atoms with Crippen molar-refractivity contribution >= 4 is 22.9 Å². The van der Waals surface area contributed by atoms with Crippen molar-refractivity contribution in [3.8, 4) is 0 Å². The second kappa shape index (κ2) is 11.2. The van der Waals surface area contributed by atoms with Crippen LogP contribution in [0.25, 0.3) is 6.08 Å². The van der Waals surface area contributed by atoms with E-state index in [-0.39, 0.29) is 6.61 Å². The van der Waals surface area contributed by atoms with E-state index >= 15 is 0 Å². The number of carbonyl (C=O) groups is 1. The van der Waals surface area contributed by atoms with Crippen LogP contribution >= 0.6 is 0 Å². The maximum absolute atomic E-state index is 12.3. The minimum absolute atomic E-state index is 0.171. The molecule has 0 aromatic heterocycles. The lowest BCUT2D eigenvalue weighted by atomic mass is 10.2. The lowest BCUT2D eigenvalue weighted by Gasteiger charge is -2.12. The molecule has 3 rings (SSSR count). The molecule has 4 nitrogen and oxygen atoms in total. The third-order valence-corrected chi connectivity index (χ3v) is 6.16. The molecule has 2 atom stereocenters. The molecule has 0 fully saturated rings. The van der Waals surface area contributed by atoms with Gasteiger partial charge in [0.05, 0.1) is 6.10 Å². The number of aryl methyl sites for hydroxylation is 1. The first-order valence-electron chi connectivity index (χ1n) is 9.71. The Labute approximate surface area is 180 Å². The van der Waals surface area contributed by atoms with E-state index in [9.17, 15) is 9.90 Å². The number of nitrogens with zero attached hydrogens (tertiary/aromatic N) is 1. The highest BCUT2D eigenvalue weighted by molar-refractivity contribution is 7.87. The van der Waals surface area contributed by atoms with Gasteiger partial charge >= 0.3 is 6.09 Å². The van der Waals surface area contributed by atoms with Crippen molar-refractivity contribution in [1.82, 2.24) is 0 Å². The predicted octanol–water partition coefficient (Wildman–Crippen LogP) is 5.57. The molecule has 154 valence electrons. The van der Waals surface area contributed by atoms with Crippen molar-refractivity contribution < 1.29 is 14.6 Å². The van der Waals surface area contributed by atoms with Crippen LogP contribution < -0.4 is 0 Å². The van der Waals surface area contributed by atoms with E-state index in [4.69, 9.17) is 4.74 Å². The molecule has 0 aliphatic heterocycles. The summed E-state index contributed by atoms with van der Waals surface area (Å²) in [5, 5.41) is 10.5. The lowest BCUT2D eigenvalue weighted by molar-refractivity contribution is 0.151. The maximum Gasteiger partial charge on any atom is 0.440 e. The summed E-state index contributed by atoms with van der Waals surface area (Å²) in [5.41, 5.74) is 3.03. The van der Waals surface area contributed by atoms with E-state index in [2.05, 4.69) is 4.36 Å². The molecular formula is C25H25NO3S. The molecule has 0 aliphatic rings. The van der Waals surface area contributed by atoms with Gasteiger partial charge in [0, 0.05) is 10.6 Å². The van der Waals surface area contributed by atoms with Crippen molar-refractivity contribution in [2.75, 3.05) is 5.75 Å². The number of aliphatic hydroxyl groups is 1. The quantitative estimate of drug-likeness (QED) is 0.545. The van der Waals surface area contributed by atoms with E-state index < -0.39 is 22.9 Å². The molecule has 0 saturated heterocycles. The topological polar surface area (TPSA) is 58.9 Å². The van der Waals surface area contributed by atoms with Gasteiger partial charge in [-0.2, -0.15) is 0 Å². The summed E-state index contributed by atoms with van der Waals surface area (Å²) >= 11 is 0. The van der Waals surface area contributed by atoms with Gasteiger partial charge in [0.15, 0.2) is 0 Å². The van der Waals surface area contributed by atoms with Gasteiger partial charge < -0.3 is 9.84 Å². The van der Waals surface area contributed by atoms with Crippen molar-refractivity contribution in [1.29, 1.82) is 0 Å². The Morgan fingerprint density at radius 2 is 1.63 bits per heavy atom. The van der Waals surface area contributed by atoms with E-state index in [1.165, 1.54) is 0 Å². The molecule has 0 bridgehead atoms. The number of aliphatic hydroxyl groups excluding tert-OH is 1. The zero-order valence-corrected chi connectivity index (χ0v) is 17.7. The van der Waals surface area contributed by atoms with Gasteiger partial charge in [0.25, 0.3) is 0 Å². The number of hydrogen-bond acceptors (Lipinski definition) is 3. The molecule has 0 spiro atoms. The van der Waals surface area contributed by atoms with Gasteiger partial charge in [0.1, 0.15) is 6.61 Å². The predicted molar refractivity (Wildman–Crippen MR) is 122 cm³/mol. The molecule has 1 amide bonds. The number of rotatable bonds is 7. The molecule has 3 aromatic carbocycles. The summed E-state index contributed by atoms with van der Waals surface area (Å²) in [6.07, 6.45) is 2.24. The maximum atomic E-state index is 12.3. The van der Waals surface area contributed by atoms with Gasteiger partial charge in [-0.15, -0.1) is 4.36 Å². The van der Waals surface area contributed by atoms with Gasteiger partial charge in [-0.05, 0) is 30.2 Å². The monoisotopic (exact) mass is 419 g/mol. The fourth-order valence-corrected chi connectivity index (χ4v) is 4.21. The van der Waals surface area contributed by atoms with E-state index in [0.29, 0.717) is 5.75 Å². The molecular weight excluding hydrogens is 394 g/mol. The molecule has 1 N–H and O–H groups in total. The van der Waals surface area contributed by atoms with Gasteiger partial charge in [-0.25, -0.2) is 4.79 Å². The Morgan fingerprint density at radius 3 is 2.30 bits per heavy atom. The van der Waals surface area contributed by atoms with Crippen LogP contribution in [0.15, 0.2) is 100 Å². The number of benzene rings is 3. The molecule has 0 unspecified atom stereocenters. The summed E-state index contributed by atoms with van der Waals surface area (Å²) in [4.78, 5) is 13.2. The fourth-order valence-electron chi connectivity index (χ4n) is 2.72. The number of ether oxygens (including phenoxy) is 1. The molecule has 30 heavy (non-hydrogen) atoms. The average molecular weight is 420 g/mol. The molecule has 0 radical (unpaired) electrons. The van der Waals surface area contributed by atoms with Gasteiger partial charge in [0.2, 0.25) is 0 Å². The summed E-state index contributed by atoms with van der Waals surface area (Å²) in [6.45, 7) is 2.18. The van der Waals surface area contributed by atoms with E-state index in [1.807, 2.05) is 97.9 Å². The zero-order chi connectivity index (χ0) is 21.2. The van der Waals surface area contributed by atoms with Crippen LogP contribution in [0.3, 0.4) is 0 Å². The van der Waals surface area contributed by atoms with E-state index in [0.717, 1.165) is 21.6 Å². The fraction of sp³-hybridized carbons (Fsp3) is 0.160. The molecule has 0 heterocycles. The van der Waals surface area contributed by atoms with Crippen LogP contribution in [0.4, 0.5) is 4.79 Å². The van der Waals surface area contributed by atoms with Crippen molar-refractivity contribution in [2.24, 2.45) is 4.36 Å². The summed E-state index contributed by atoms with van der Waals surface area (Å²) < 4.78 is 9.58. The van der Waals surface area contributed by atoms with Crippen molar-refractivity contribution in [2.45, 2.75) is 24.5 Å². The van der Waals surface area contributed by atoms with Gasteiger partial charge in [-0.1, -0.05) is 101 Å². The third-order valence-electron chi connectivity index (χ3n) is 4.32. The van der Waals surface area contributed by atoms with Crippen LogP contribution in [0.2, 0.25) is 0 Å². The zero-order valence-electron chi connectivity index (χ0n) is 16.8. The molecule has 0 saturated carbocycles. The minimum atomic E-state index is -0.823. The molecule has 5 heteroatoms. The number of hydrogen-bond donors (Lipinski definition) is 1. The van der Waals surface area contributed by atoms with Crippen molar-refractivity contribution in [3.63, 3.8) is 0 Å². The summed E-state index contributed by atoms with van der Waals surface area (Å²) in [6, 6.07) is 27.1.